The zero-order valence-corrected chi connectivity index (χ0v) is 18.2. The van der Waals surface area contributed by atoms with E-state index in [4.69, 9.17) is 0 Å². The van der Waals surface area contributed by atoms with E-state index in [1.165, 1.54) is 5.56 Å². The number of aliphatic imine (C=N–C) groups is 1. The predicted octanol–water partition coefficient (Wildman–Crippen LogP) is 2.06. The second kappa shape index (κ2) is 10.6. The number of nitrogens with zero attached hydrogens (tertiary/aromatic N) is 2. The van der Waals surface area contributed by atoms with Gasteiger partial charge in [0.1, 0.15) is 0 Å². The Labute approximate surface area is 166 Å². The van der Waals surface area contributed by atoms with E-state index in [1.807, 2.05) is 6.92 Å². The van der Waals surface area contributed by atoms with Gasteiger partial charge in [0.05, 0.1) is 5.75 Å². The molecule has 6 nitrogen and oxygen atoms in total. The SMILES string of the molecule is CCNC(=NCC(C)c1ccsc1)NCCN1CCCS1(=O)=O.I. The standard InChI is InChI=1S/C15H26N4O2S2.HI/c1-3-16-15(18-11-13(2)14-5-9-22-12-14)17-6-8-19-7-4-10-23(19,20)21;/h5,9,12-13H,3-4,6-8,10-11H2,1-2H3,(H2,16,17,18);1H. The number of thiophene rings is 1. The lowest BCUT2D eigenvalue weighted by molar-refractivity contribution is 0.445. The second-order valence-corrected chi connectivity index (χ2v) is 8.54. The summed E-state index contributed by atoms with van der Waals surface area (Å²) in [6.07, 6.45) is 0.731. The molecule has 1 fully saturated rings. The van der Waals surface area contributed by atoms with E-state index < -0.39 is 10.0 Å². The molecule has 0 bridgehead atoms. The number of nitrogens with one attached hydrogen (secondary N) is 2. The average Bonchev–Trinajstić information content (AvgIpc) is 3.14. The van der Waals surface area contributed by atoms with Gasteiger partial charge >= 0.3 is 0 Å². The van der Waals surface area contributed by atoms with E-state index in [9.17, 15) is 8.42 Å². The molecule has 2 rings (SSSR count). The topological polar surface area (TPSA) is 73.8 Å². The molecule has 9 heteroatoms. The largest absolute Gasteiger partial charge is 0.357 e. The van der Waals surface area contributed by atoms with Crippen LogP contribution in [0.25, 0.3) is 0 Å². The maximum absolute atomic E-state index is 11.8. The quantitative estimate of drug-likeness (QED) is 0.352. The number of hydrogen-bond donors (Lipinski definition) is 2. The van der Waals surface area contributed by atoms with E-state index in [0.29, 0.717) is 32.1 Å². The molecule has 1 aromatic rings. The molecule has 2 heterocycles. The Morgan fingerprint density at radius 3 is 2.83 bits per heavy atom. The molecule has 0 radical (unpaired) electrons. The van der Waals surface area contributed by atoms with Crippen LogP contribution in [-0.4, -0.2) is 57.2 Å². The van der Waals surface area contributed by atoms with Crippen LogP contribution < -0.4 is 10.6 Å². The lowest BCUT2D eigenvalue weighted by Crippen LogP contribution is -2.42. The summed E-state index contributed by atoms with van der Waals surface area (Å²) in [4.78, 5) is 4.60. The van der Waals surface area contributed by atoms with Gasteiger partial charge in [0.25, 0.3) is 0 Å². The number of hydrogen-bond acceptors (Lipinski definition) is 4. The molecular weight excluding hydrogens is 459 g/mol. The van der Waals surface area contributed by atoms with E-state index >= 15 is 0 Å². The van der Waals surface area contributed by atoms with Gasteiger partial charge in [-0.1, -0.05) is 6.92 Å². The zero-order valence-electron chi connectivity index (χ0n) is 14.2. The van der Waals surface area contributed by atoms with Crippen molar-refractivity contribution in [2.75, 3.05) is 38.5 Å². The van der Waals surface area contributed by atoms with Crippen molar-refractivity contribution in [3.8, 4) is 0 Å². The summed E-state index contributed by atoms with van der Waals surface area (Å²) < 4.78 is 25.1. The molecule has 1 unspecified atom stereocenters. The Morgan fingerprint density at radius 1 is 1.46 bits per heavy atom. The van der Waals surface area contributed by atoms with Crippen LogP contribution in [0.3, 0.4) is 0 Å². The number of sulfonamides is 1. The first-order valence-electron chi connectivity index (χ1n) is 8.05. The molecule has 1 aliphatic heterocycles. The number of halogens is 1. The van der Waals surface area contributed by atoms with Gasteiger partial charge in [-0.25, -0.2) is 12.7 Å². The van der Waals surface area contributed by atoms with Crippen molar-refractivity contribution in [2.24, 2.45) is 4.99 Å². The van der Waals surface area contributed by atoms with Gasteiger partial charge in [-0.2, -0.15) is 11.3 Å². The van der Waals surface area contributed by atoms with Crippen molar-refractivity contribution >= 4 is 51.3 Å². The number of rotatable bonds is 7. The van der Waals surface area contributed by atoms with Crippen LogP contribution in [-0.2, 0) is 10.0 Å². The van der Waals surface area contributed by atoms with Crippen LogP contribution in [0.1, 0.15) is 31.7 Å². The lowest BCUT2D eigenvalue weighted by Gasteiger charge is -2.17. The van der Waals surface area contributed by atoms with Gasteiger partial charge in [-0.05, 0) is 35.7 Å². The van der Waals surface area contributed by atoms with E-state index in [2.05, 4.69) is 39.4 Å². The molecule has 1 aromatic heterocycles. The van der Waals surface area contributed by atoms with Crippen molar-refractivity contribution in [2.45, 2.75) is 26.2 Å². The van der Waals surface area contributed by atoms with E-state index in [1.54, 1.807) is 15.6 Å². The maximum atomic E-state index is 11.8. The Bertz CT molecular complexity index is 605. The maximum Gasteiger partial charge on any atom is 0.214 e. The highest BCUT2D eigenvalue weighted by Crippen LogP contribution is 2.18. The highest BCUT2D eigenvalue weighted by molar-refractivity contribution is 14.0. The first-order valence-corrected chi connectivity index (χ1v) is 10.6. The Hall–Kier alpha value is -0.390. The van der Waals surface area contributed by atoms with Crippen molar-refractivity contribution in [3.63, 3.8) is 0 Å². The van der Waals surface area contributed by atoms with Crippen LogP contribution in [0, 0.1) is 0 Å². The molecule has 1 aliphatic rings. The minimum absolute atomic E-state index is 0. The summed E-state index contributed by atoms with van der Waals surface area (Å²) in [7, 11) is -3.02. The van der Waals surface area contributed by atoms with Crippen LogP contribution in [0.15, 0.2) is 21.8 Å². The van der Waals surface area contributed by atoms with Gasteiger partial charge in [0, 0.05) is 38.6 Å². The normalized spacial score (nSPS) is 18.8. The van der Waals surface area contributed by atoms with Crippen LogP contribution >= 0.6 is 35.3 Å². The van der Waals surface area contributed by atoms with Gasteiger partial charge in [0.2, 0.25) is 10.0 Å². The summed E-state index contributed by atoms with van der Waals surface area (Å²) in [6.45, 7) is 7.35. The molecule has 0 amide bonds. The Kier molecular flexibility index (Phi) is 9.53. The van der Waals surface area contributed by atoms with Crippen molar-refractivity contribution in [3.05, 3.63) is 22.4 Å². The fraction of sp³-hybridized carbons (Fsp3) is 0.667. The average molecular weight is 486 g/mol. The first-order chi connectivity index (χ1) is 11.0. The molecule has 24 heavy (non-hydrogen) atoms. The minimum Gasteiger partial charge on any atom is -0.357 e. The first kappa shape index (κ1) is 21.7. The predicted molar refractivity (Wildman–Crippen MR) is 112 cm³/mol. The molecular formula is C15H27IN4O2S2. The molecule has 0 spiro atoms. The summed E-state index contributed by atoms with van der Waals surface area (Å²) in [5, 5.41) is 10.7. The van der Waals surface area contributed by atoms with E-state index in [-0.39, 0.29) is 29.7 Å². The van der Waals surface area contributed by atoms with Gasteiger partial charge < -0.3 is 10.6 Å². The van der Waals surface area contributed by atoms with Gasteiger partial charge in [-0.3, -0.25) is 4.99 Å². The zero-order chi connectivity index (χ0) is 16.7. The third-order valence-electron chi connectivity index (χ3n) is 3.84. The summed E-state index contributed by atoms with van der Waals surface area (Å²) in [6, 6.07) is 2.13. The fourth-order valence-corrected chi connectivity index (χ4v) is 4.78. The second-order valence-electron chi connectivity index (χ2n) is 5.67. The Balaban J connectivity index is 0.00000288. The monoisotopic (exact) mass is 486 g/mol. The molecule has 0 aromatic carbocycles. The summed E-state index contributed by atoms with van der Waals surface area (Å²) >= 11 is 1.70. The fourth-order valence-electron chi connectivity index (χ4n) is 2.47. The number of guanidine groups is 1. The highest BCUT2D eigenvalue weighted by Gasteiger charge is 2.27. The Morgan fingerprint density at radius 2 is 2.25 bits per heavy atom. The minimum atomic E-state index is -3.02. The van der Waals surface area contributed by atoms with Crippen LogP contribution in [0.5, 0.6) is 0 Å². The van der Waals surface area contributed by atoms with Gasteiger partial charge in [-0.15, -0.1) is 24.0 Å². The molecule has 1 saturated heterocycles. The summed E-state index contributed by atoms with van der Waals surface area (Å²) in [5.41, 5.74) is 1.30. The smallest absolute Gasteiger partial charge is 0.214 e. The van der Waals surface area contributed by atoms with Crippen LogP contribution in [0.2, 0.25) is 0 Å². The molecule has 1 atom stereocenters. The lowest BCUT2D eigenvalue weighted by atomic mass is 10.1. The summed E-state index contributed by atoms with van der Waals surface area (Å²) in [5.74, 6) is 1.39. The van der Waals surface area contributed by atoms with Crippen LogP contribution in [0.4, 0.5) is 0 Å². The third kappa shape index (κ3) is 6.49. The van der Waals surface area contributed by atoms with Crippen molar-refractivity contribution < 1.29 is 8.42 Å². The van der Waals surface area contributed by atoms with Crippen molar-refractivity contribution in [1.82, 2.24) is 14.9 Å². The van der Waals surface area contributed by atoms with E-state index in [0.717, 1.165) is 18.9 Å². The molecule has 2 N–H and O–H groups in total. The highest BCUT2D eigenvalue weighted by atomic mass is 127. The third-order valence-corrected chi connectivity index (χ3v) is 6.49. The molecule has 138 valence electrons. The molecule has 0 saturated carbocycles. The van der Waals surface area contributed by atoms with Crippen molar-refractivity contribution in [1.29, 1.82) is 0 Å². The molecule has 0 aliphatic carbocycles. The van der Waals surface area contributed by atoms with Gasteiger partial charge in [0.15, 0.2) is 5.96 Å².